The molecule has 1 aliphatic heterocycles. The molecular weight excluding hydrogens is 310 g/mol. The van der Waals surface area contributed by atoms with Crippen LogP contribution >= 0.6 is 11.6 Å². The van der Waals surface area contributed by atoms with Crippen LogP contribution in [0.4, 0.5) is 5.82 Å². The first kappa shape index (κ1) is 14.5. The quantitative estimate of drug-likeness (QED) is 0.915. The van der Waals surface area contributed by atoms with Gasteiger partial charge in [0.2, 0.25) is 0 Å². The van der Waals surface area contributed by atoms with Crippen molar-refractivity contribution < 1.29 is 0 Å². The SMILES string of the molecule is N#Cc1cnc(N2CCCC2c2nc3c([nH]2)CCCC3)c(Cl)c1. The minimum atomic E-state index is 0.193. The van der Waals surface area contributed by atoms with E-state index in [1.165, 1.54) is 24.2 Å². The van der Waals surface area contributed by atoms with Gasteiger partial charge in [-0.2, -0.15) is 5.26 Å². The fraction of sp³-hybridized carbons (Fsp3) is 0.471. The fourth-order valence-corrected chi connectivity index (χ4v) is 3.92. The van der Waals surface area contributed by atoms with Crippen molar-refractivity contribution in [2.75, 3.05) is 11.4 Å². The van der Waals surface area contributed by atoms with Gasteiger partial charge in [-0.25, -0.2) is 9.97 Å². The van der Waals surface area contributed by atoms with Crippen LogP contribution in [0.15, 0.2) is 12.3 Å². The molecule has 1 saturated heterocycles. The lowest BCUT2D eigenvalue weighted by Crippen LogP contribution is -2.24. The molecule has 118 valence electrons. The van der Waals surface area contributed by atoms with Crippen molar-refractivity contribution in [3.8, 4) is 6.07 Å². The number of aryl methyl sites for hydroxylation is 2. The van der Waals surface area contributed by atoms with Gasteiger partial charge >= 0.3 is 0 Å². The lowest BCUT2D eigenvalue weighted by Gasteiger charge is -2.25. The molecule has 0 saturated carbocycles. The molecule has 0 bridgehead atoms. The number of halogens is 1. The lowest BCUT2D eigenvalue weighted by atomic mass is 10.0. The number of anilines is 1. The summed E-state index contributed by atoms with van der Waals surface area (Å²) in [5.41, 5.74) is 3.02. The molecule has 2 aromatic heterocycles. The van der Waals surface area contributed by atoms with Gasteiger partial charge in [0, 0.05) is 18.4 Å². The number of nitrogens with one attached hydrogen (secondary N) is 1. The van der Waals surface area contributed by atoms with E-state index in [-0.39, 0.29) is 6.04 Å². The third-order valence-electron chi connectivity index (χ3n) is 4.76. The number of pyridine rings is 1. The Morgan fingerprint density at radius 2 is 2.17 bits per heavy atom. The summed E-state index contributed by atoms with van der Waals surface area (Å²) in [6, 6.07) is 3.96. The first-order valence-electron chi connectivity index (χ1n) is 8.16. The minimum absolute atomic E-state index is 0.193. The van der Waals surface area contributed by atoms with Crippen LogP contribution in [-0.2, 0) is 12.8 Å². The van der Waals surface area contributed by atoms with Gasteiger partial charge in [0.25, 0.3) is 0 Å². The van der Waals surface area contributed by atoms with Crippen LogP contribution in [0.3, 0.4) is 0 Å². The number of rotatable bonds is 2. The highest BCUT2D eigenvalue weighted by atomic mass is 35.5. The highest BCUT2D eigenvalue weighted by molar-refractivity contribution is 6.33. The number of H-pyrrole nitrogens is 1. The van der Waals surface area contributed by atoms with Crippen LogP contribution < -0.4 is 4.90 Å². The van der Waals surface area contributed by atoms with Gasteiger partial charge in [-0.1, -0.05) is 11.6 Å². The van der Waals surface area contributed by atoms with Crippen LogP contribution in [0.1, 0.15) is 54.5 Å². The summed E-state index contributed by atoms with van der Waals surface area (Å²) >= 11 is 6.36. The molecule has 0 spiro atoms. The lowest BCUT2D eigenvalue weighted by molar-refractivity contribution is 0.667. The number of fused-ring (bicyclic) bond motifs is 1. The van der Waals surface area contributed by atoms with Crippen LogP contribution in [0.2, 0.25) is 5.02 Å². The zero-order chi connectivity index (χ0) is 15.8. The number of aromatic amines is 1. The molecule has 2 aromatic rings. The maximum absolute atomic E-state index is 8.96. The number of imidazole rings is 1. The van der Waals surface area contributed by atoms with E-state index in [0.29, 0.717) is 10.6 Å². The van der Waals surface area contributed by atoms with E-state index in [1.54, 1.807) is 12.3 Å². The topological polar surface area (TPSA) is 68.6 Å². The molecule has 5 nitrogen and oxygen atoms in total. The molecular formula is C17H18ClN5. The van der Waals surface area contributed by atoms with E-state index in [1.807, 2.05) is 0 Å². The van der Waals surface area contributed by atoms with Crippen molar-refractivity contribution in [3.05, 3.63) is 40.1 Å². The first-order chi connectivity index (χ1) is 11.3. The van der Waals surface area contributed by atoms with Crippen molar-refractivity contribution in [2.45, 2.75) is 44.6 Å². The van der Waals surface area contributed by atoms with Crippen LogP contribution in [0, 0.1) is 11.3 Å². The summed E-state index contributed by atoms with van der Waals surface area (Å²) in [4.78, 5) is 15.0. The average molecular weight is 328 g/mol. The molecule has 6 heteroatoms. The number of nitrogens with zero attached hydrogens (tertiary/aromatic N) is 4. The van der Waals surface area contributed by atoms with Crippen molar-refractivity contribution >= 4 is 17.4 Å². The molecule has 0 radical (unpaired) electrons. The van der Waals surface area contributed by atoms with Crippen molar-refractivity contribution in [1.29, 1.82) is 5.26 Å². The molecule has 0 amide bonds. The second kappa shape index (κ2) is 5.86. The summed E-state index contributed by atoms with van der Waals surface area (Å²) in [5, 5.41) is 9.50. The van der Waals surface area contributed by atoms with Crippen molar-refractivity contribution in [3.63, 3.8) is 0 Å². The van der Waals surface area contributed by atoms with E-state index >= 15 is 0 Å². The second-order valence-electron chi connectivity index (χ2n) is 6.25. The van der Waals surface area contributed by atoms with Crippen molar-refractivity contribution in [2.24, 2.45) is 0 Å². The normalized spacial score (nSPS) is 20.3. The highest BCUT2D eigenvalue weighted by Gasteiger charge is 2.31. The van der Waals surface area contributed by atoms with Crippen LogP contribution in [0.5, 0.6) is 0 Å². The van der Waals surface area contributed by atoms with E-state index in [0.717, 1.165) is 43.9 Å². The zero-order valence-electron chi connectivity index (χ0n) is 12.8. The number of nitriles is 1. The van der Waals surface area contributed by atoms with Gasteiger partial charge in [-0.3, -0.25) is 0 Å². The molecule has 0 aromatic carbocycles. The molecule has 1 aliphatic carbocycles. The highest BCUT2D eigenvalue weighted by Crippen LogP contribution is 2.38. The summed E-state index contributed by atoms with van der Waals surface area (Å²) in [7, 11) is 0. The number of aromatic nitrogens is 3. The first-order valence-corrected chi connectivity index (χ1v) is 8.54. The van der Waals surface area contributed by atoms with Gasteiger partial charge in [-0.05, 0) is 44.6 Å². The number of hydrogen-bond acceptors (Lipinski definition) is 4. The second-order valence-corrected chi connectivity index (χ2v) is 6.65. The Morgan fingerprint density at radius 3 is 2.96 bits per heavy atom. The smallest absolute Gasteiger partial charge is 0.148 e. The summed E-state index contributed by atoms with van der Waals surface area (Å²) in [6.45, 7) is 0.911. The van der Waals surface area contributed by atoms with E-state index in [2.05, 4.69) is 20.9 Å². The molecule has 2 aliphatic rings. The van der Waals surface area contributed by atoms with E-state index in [9.17, 15) is 0 Å². The maximum atomic E-state index is 8.96. The van der Waals surface area contributed by atoms with Gasteiger partial charge < -0.3 is 9.88 Å². The molecule has 1 fully saturated rings. The van der Waals surface area contributed by atoms with Crippen LogP contribution in [0.25, 0.3) is 0 Å². The Bertz CT molecular complexity index is 752. The summed E-state index contributed by atoms with van der Waals surface area (Å²) in [5.74, 6) is 1.79. The summed E-state index contributed by atoms with van der Waals surface area (Å²) in [6.07, 6.45) is 8.38. The standard InChI is InChI=1S/C17H18ClN5/c18-12-8-11(9-19)10-20-17(12)23-7-3-6-15(23)16-21-13-4-1-2-5-14(13)22-16/h8,10,15H,1-7H2,(H,21,22). The van der Waals surface area contributed by atoms with Gasteiger partial charge in [-0.15, -0.1) is 0 Å². The Balaban J connectivity index is 1.67. The molecule has 1 atom stereocenters. The Kier molecular flexibility index (Phi) is 3.70. The van der Waals surface area contributed by atoms with Crippen LogP contribution in [-0.4, -0.2) is 21.5 Å². The fourth-order valence-electron chi connectivity index (χ4n) is 3.64. The molecule has 3 heterocycles. The predicted octanol–water partition coefficient (Wildman–Crippen LogP) is 3.55. The third kappa shape index (κ3) is 2.57. The van der Waals surface area contributed by atoms with Gasteiger partial charge in [0.05, 0.1) is 22.3 Å². The minimum Gasteiger partial charge on any atom is -0.345 e. The molecule has 1 unspecified atom stereocenters. The Labute approximate surface area is 140 Å². The number of hydrogen-bond donors (Lipinski definition) is 1. The van der Waals surface area contributed by atoms with Crippen molar-refractivity contribution in [1.82, 2.24) is 15.0 Å². The third-order valence-corrected chi connectivity index (χ3v) is 5.04. The van der Waals surface area contributed by atoms with E-state index in [4.69, 9.17) is 21.8 Å². The Morgan fingerprint density at radius 1 is 1.30 bits per heavy atom. The predicted molar refractivity (Wildman–Crippen MR) is 88.5 cm³/mol. The zero-order valence-corrected chi connectivity index (χ0v) is 13.6. The molecule has 23 heavy (non-hydrogen) atoms. The largest absolute Gasteiger partial charge is 0.345 e. The van der Waals surface area contributed by atoms with Gasteiger partial charge in [0.15, 0.2) is 0 Å². The van der Waals surface area contributed by atoms with Gasteiger partial charge in [0.1, 0.15) is 17.7 Å². The monoisotopic (exact) mass is 327 g/mol. The maximum Gasteiger partial charge on any atom is 0.148 e. The molecule has 1 N–H and O–H groups in total. The average Bonchev–Trinajstić information content (AvgIpc) is 3.20. The Hall–Kier alpha value is -2.06. The summed E-state index contributed by atoms with van der Waals surface area (Å²) < 4.78 is 0. The molecule has 4 rings (SSSR count). The van der Waals surface area contributed by atoms with E-state index < -0.39 is 0 Å².